The number of nitrogens with zero attached hydrogens (tertiary/aromatic N) is 1. The smallest absolute Gasteiger partial charge is 0.345 e. The van der Waals surface area contributed by atoms with Gasteiger partial charge in [-0.1, -0.05) is 43.7 Å². The molecule has 1 saturated heterocycles. The van der Waals surface area contributed by atoms with Crippen LogP contribution in [0.1, 0.15) is 78.4 Å². The first-order valence-electron chi connectivity index (χ1n) is 12.3. The van der Waals surface area contributed by atoms with Crippen LogP contribution < -0.4 is 0 Å². The Morgan fingerprint density at radius 1 is 1.09 bits per heavy atom. The summed E-state index contributed by atoms with van der Waals surface area (Å²) in [6, 6.07) is 14.3. The minimum Gasteiger partial charge on any atom is -0.477 e. The van der Waals surface area contributed by atoms with Gasteiger partial charge in [0.2, 0.25) is 5.91 Å². The van der Waals surface area contributed by atoms with E-state index >= 15 is 0 Å². The minimum absolute atomic E-state index is 0.209. The summed E-state index contributed by atoms with van der Waals surface area (Å²) in [7, 11) is 0. The third-order valence-corrected chi connectivity index (χ3v) is 7.95. The molecule has 180 valence electrons. The van der Waals surface area contributed by atoms with E-state index in [0.29, 0.717) is 17.8 Å². The zero-order valence-corrected chi connectivity index (χ0v) is 20.4. The number of likely N-dealkylation sites (tertiary alicyclic amines) is 1. The molecule has 0 radical (unpaired) electrons. The highest BCUT2D eigenvalue weighted by Crippen LogP contribution is 2.26. The van der Waals surface area contributed by atoms with Crippen LogP contribution in [0.5, 0.6) is 0 Å². The van der Waals surface area contributed by atoms with Gasteiger partial charge in [0.05, 0.1) is 6.10 Å². The second-order valence-electron chi connectivity index (χ2n) is 9.31. The maximum absolute atomic E-state index is 12.4. The van der Waals surface area contributed by atoms with E-state index in [4.69, 9.17) is 5.11 Å². The predicted molar refractivity (Wildman–Crippen MR) is 133 cm³/mol. The number of benzene rings is 1. The highest BCUT2D eigenvalue weighted by molar-refractivity contribution is 7.13. The number of aryl methyl sites for hydroxylation is 2. The Morgan fingerprint density at radius 2 is 1.88 bits per heavy atom. The van der Waals surface area contributed by atoms with Crippen LogP contribution in [0.2, 0.25) is 0 Å². The van der Waals surface area contributed by atoms with Crippen LogP contribution in [0, 0.1) is 5.92 Å². The zero-order chi connectivity index (χ0) is 23.6. The number of aliphatic hydroxyl groups excluding tert-OH is 1. The lowest BCUT2D eigenvalue weighted by Crippen LogP contribution is -2.35. The standard InChI is InChI=1S/C27H37NO4S/c1-20(8-5-6-11-21-9-3-2-4-10-21)24(29)16-13-22-14-18-26(30)28(22)19-7-12-23-15-17-25(33-23)27(31)32/h2-4,9-10,15,17,20,22,24,29H,5-8,11-14,16,18-19H2,1H3,(H,31,32)/t20-,22?,24+/m0/s1. The molecule has 1 aromatic carbocycles. The Kier molecular flexibility index (Phi) is 9.95. The molecule has 1 amide bonds. The number of aliphatic hydroxyl groups is 1. The van der Waals surface area contributed by atoms with E-state index in [1.807, 2.05) is 17.0 Å². The Morgan fingerprint density at radius 3 is 2.61 bits per heavy atom. The highest BCUT2D eigenvalue weighted by atomic mass is 32.1. The van der Waals surface area contributed by atoms with Gasteiger partial charge in [0.1, 0.15) is 4.88 Å². The van der Waals surface area contributed by atoms with Crippen molar-refractivity contribution < 1.29 is 19.8 Å². The summed E-state index contributed by atoms with van der Waals surface area (Å²) in [6.45, 7) is 2.84. The number of amides is 1. The Bertz CT molecular complexity index is 881. The second-order valence-corrected chi connectivity index (χ2v) is 10.5. The summed E-state index contributed by atoms with van der Waals surface area (Å²) in [4.78, 5) is 26.8. The second kappa shape index (κ2) is 12.9. The first kappa shape index (κ1) is 25.4. The van der Waals surface area contributed by atoms with Crippen LogP contribution in [0.4, 0.5) is 0 Å². The number of aromatic carboxylic acids is 1. The van der Waals surface area contributed by atoms with Gasteiger partial charge in [-0.25, -0.2) is 4.79 Å². The summed E-state index contributed by atoms with van der Waals surface area (Å²) in [5.74, 6) is -0.403. The first-order valence-corrected chi connectivity index (χ1v) is 13.1. The van der Waals surface area contributed by atoms with Crippen LogP contribution in [0.3, 0.4) is 0 Å². The van der Waals surface area contributed by atoms with Crippen molar-refractivity contribution in [2.24, 2.45) is 5.92 Å². The van der Waals surface area contributed by atoms with Crippen molar-refractivity contribution >= 4 is 23.2 Å². The highest BCUT2D eigenvalue weighted by Gasteiger charge is 2.31. The van der Waals surface area contributed by atoms with Crippen LogP contribution in [-0.2, 0) is 17.6 Å². The molecule has 1 aromatic heterocycles. The molecule has 33 heavy (non-hydrogen) atoms. The van der Waals surface area contributed by atoms with Crippen LogP contribution in [-0.4, -0.2) is 45.7 Å². The average Bonchev–Trinajstić information content (AvgIpc) is 3.43. The molecule has 2 aromatic rings. The SMILES string of the molecule is C[C@@H](CCCCc1ccccc1)[C@H](O)CCC1CCC(=O)N1CCCc1ccc(C(=O)O)s1. The summed E-state index contributed by atoms with van der Waals surface area (Å²) >= 11 is 1.31. The van der Waals surface area contributed by atoms with Gasteiger partial charge in [0.25, 0.3) is 0 Å². The molecule has 0 aliphatic carbocycles. The number of carboxylic acids is 1. The predicted octanol–water partition coefficient (Wildman–Crippen LogP) is 5.56. The van der Waals surface area contributed by atoms with E-state index in [2.05, 4.69) is 31.2 Å². The molecule has 0 spiro atoms. The van der Waals surface area contributed by atoms with E-state index in [9.17, 15) is 14.7 Å². The molecule has 3 rings (SSSR count). The first-order chi connectivity index (χ1) is 15.9. The average molecular weight is 472 g/mol. The molecule has 5 nitrogen and oxygen atoms in total. The van der Waals surface area contributed by atoms with Crippen LogP contribution >= 0.6 is 11.3 Å². The summed E-state index contributed by atoms with van der Waals surface area (Å²) in [6.07, 6.45) is 8.74. The summed E-state index contributed by atoms with van der Waals surface area (Å²) in [5, 5.41) is 19.7. The van der Waals surface area contributed by atoms with Crippen molar-refractivity contribution in [3.05, 3.63) is 57.8 Å². The van der Waals surface area contributed by atoms with Crippen molar-refractivity contribution in [3.8, 4) is 0 Å². The van der Waals surface area contributed by atoms with Gasteiger partial charge in [-0.2, -0.15) is 0 Å². The Balaban J connectivity index is 1.34. The van der Waals surface area contributed by atoms with Crippen LogP contribution in [0.15, 0.2) is 42.5 Å². The lowest BCUT2D eigenvalue weighted by atomic mass is 9.92. The number of hydrogen-bond donors (Lipinski definition) is 2. The number of rotatable bonds is 14. The van der Waals surface area contributed by atoms with Crippen molar-refractivity contribution in [3.63, 3.8) is 0 Å². The molecule has 2 heterocycles. The molecular weight excluding hydrogens is 434 g/mol. The topological polar surface area (TPSA) is 77.8 Å². The summed E-state index contributed by atoms with van der Waals surface area (Å²) in [5.41, 5.74) is 1.37. The summed E-state index contributed by atoms with van der Waals surface area (Å²) < 4.78 is 0. The van der Waals surface area contributed by atoms with E-state index in [-0.39, 0.29) is 24.0 Å². The lowest BCUT2D eigenvalue weighted by Gasteiger charge is -2.27. The lowest BCUT2D eigenvalue weighted by molar-refractivity contribution is -0.129. The third kappa shape index (κ3) is 7.97. The number of carbonyl (C=O) groups excluding carboxylic acids is 1. The molecule has 1 aliphatic rings. The maximum atomic E-state index is 12.4. The number of carboxylic acid groups (broad SMARTS) is 1. The van der Waals surface area contributed by atoms with E-state index in [0.717, 1.165) is 62.7 Å². The number of carbonyl (C=O) groups is 2. The van der Waals surface area contributed by atoms with Gasteiger partial charge in [-0.3, -0.25) is 4.79 Å². The van der Waals surface area contributed by atoms with Gasteiger partial charge in [0, 0.05) is 23.9 Å². The van der Waals surface area contributed by atoms with Gasteiger partial charge >= 0.3 is 5.97 Å². The van der Waals surface area contributed by atoms with Gasteiger partial charge in [0.15, 0.2) is 0 Å². The molecule has 2 N–H and O–H groups in total. The van der Waals surface area contributed by atoms with Gasteiger partial charge in [-0.15, -0.1) is 11.3 Å². The number of hydrogen-bond acceptors (Lipinski definition) is 4. The van der Waals surface area contributed by atoms with Crippen molar-refractivity contribution in [1.29, 1.82) is 0 Å². The molecule has 1 fully saturated rings. The fraction of sp³-hybridized carbons (Fsp3) is 0.556. The zero-order valence-electron chi connectivity index (χ0n) is 19.6. The fourth-order valence-corrected chi connectivity index (χ4v) is 5.62. The molecule has 1 unspecified atom stereocenters. The molecule has 0 bridgehead atoms. The molecule has 3 atom stereocenters. The Hall–Kier alpha value is -2.18. The largest absolute Gasteiger partial charge is 0.477 e. The maximum Gasteiger partial charge on any atom is 0.345 e. The van der Waals surface area contributed by atoms with Crippen molar-refractivity contribution in [2.75, 3.05) is 6.54 Å². The number of unbranched alkanes of at least 4 members (excludes halogenated alkanes) is 1. The molecule has 6 heteroatoms. The van der Waals surface area contributed by atoms with E-state index < -0.39 is 5.97 Å². The quantitative estimate of drug-likeness (QED) is 0.354. The van der Waals surface area contributed by atoms with Crippen molar-refractivity contribution in [1.82, 2.24) is 4.90 Å². The van der Waals surface area contributed by atoms with Crippen molar-refractivity contribution in [2.45, 2.75) is 83.3 Å². The molecule has 1 aliphatic heterocycles. The van der Waals surface area contributed by atoms with Gasteiger partial charge < -0.3 is 15.1 Å². The number of thiophene rings is 1. The fourth-order valence-electron chi connectivity index (χ4n) is 4.73. The van der Waals surface area contributed by atoms with Crippen LogP contribution in [0.25, 0.3) is 0 Å². The Labute approximate surface area is 201 Å². The minimum atomic E-state index is -0.884. The third-order valence-electron chi connectivity index (χ3n) is 6.82. The normalized spacial score (nSPS) is 17.9. The molecular formula is C27H37NO4S. The van der Waals surface area contributed by atoms with Gasteiger partial charge in [-0.05, 0) is 75.0 Å². The molecule has 0 saturated carbocycles. The van der Waals surface area contributed by atoms with E-state index in [1.54, 1.807) is 6.07 Å². The van der Waals surface area contributed by atoms with E-state index in [1.165, 1.54) is 16.9 Å². The monoisotopic (exact) mass is 471 g/mol.